The zero-order valence-electron chi connectivity index (χ0n) is 7.95. The predicted octanol–water partition coefficient (Wildman–Crippen LogP) is -0.0332. The van der Waals surface area contributed by atoms with E-state index in [1.54, 1.807) is 0 Å². The summed E-state index contributed by atoms with van der Waals surface area (Å²) in [5.74, 6) is -0.356. The summed E-state index contributed by atoms with van der Waals surface area (Å²) in [7, 11) is 0. The lowest BCUT2D eigenvalue weighted by Crippen LogP contribution is -2.48. The van der Waals surface area contributed by atoms with Gasteiger partial charge < -0.3 is 10.1 Å². The van der Waals surface area contributed by atoms with Crippen LogP contribution >= 0.6 is 0 Å². The fourth-order valence-corrected chi connectivity index (χ4v) is 1.34. The average molecular weight is 184 g/mol. The standard InChI is InChI=1S/C9H16N2O2/c1-3-9(12)13-8(2)11-6-4-10-5-7-11/h3,8,10H,1,4-7H2,2H3. The Morgan fingerprint density at radius 1 is 1.62 bits per heavy atom. The van der Waals surface area contributed by atoms with Crippen molar-refractivity contribution in [2.75, 3.05) is 26.2 Å². The van der Waals surface area contributed by atoms with Gasteiger partial charge in [-0.15, -0.1) is 0 Å². The molecule has 4 heteroatoms. The maximum absolute atomic E-state index is 10.9. The molecular formula is C9H16N2O2. The Morgan fingerprint density at radius 3 is 2.77 bits per heavy atom. The third-order valence-corrected chi connectivity index (χ3v) is 2.12. The molecule has 74 valence electrons. The zero-order valence-corrected chi connectivity index (χ0v) is 7.95. The van der Waals surface area contributed by atoms with E-state index in [1.165, 1.54) is 6.08 Å². The van der Waals surface area contributed by atoms with Crippen molar-refractivity contribution in [1.82, 2.24) is 10.2 Å². The van der Waals surface area contributed by atoms with Crippen molar-refractivity contribution < 1.29 is 9.53 Å². The minimum atomic E-state index is -0.356. The molecule has 0 saturated carbocycles. The molecule has 1 fully saturated rings. The first-order valence-corrected chi connectivity index (χ1v) is 4.52. The van der Waals surface area contributed by atoms with E-state index in [0.717, 1.165) is 26.2 Å². The van der Waals surface area contributed by atoms with E-state index in [0.29, 0.717) is 0 Å². The van der Waals surface area contributed by atoms with Gasteiger partial charge in [0.2, 0.25) is 0 Å². The van der Waals surface area contributed by atoms with E-state index >= 15 is 0 Å². The molecule has 0 aromatic heterocycles. The molecule has 1 aliphatic rings. The molecule has 0 amide bonds. The number of nitrogens with one attached hydrogen (secondary N) is 1. The molecular weight excluding hydrogens is 168 g/mol. The largest absolute Gasteiger partial charge is 0.443 e. The van der Waals surface area contributed by atoms with Crippen molar-refractivity contribution in [3.05, 3.63) is 12.7 Å². The topological polar surface area (TPSA) is 41.6 Å². The van der Waals surface area contributed by atoms with Crippen LogP contribution in [0.4, 0.5) is 0 Å². The second-order valence-electron chi connectivity index (χ2n) is 3.03. The normalized spacial score (nSPS) is 20.7. The van der Waals surface area contributed by atoms with Gasteiger partial charge in [0.1, 0.15) is 0 Å². The lowest BCUT2D eigenvalue weighted by atomic mass is 10.3. The highest BCUT2D eigenvalue weighted by Gasteiger charge is 2.18. The third-order valence-electron chi connectivity index (χ3n) is 2.12. The Balaban J connectivity index is 2.32. The lowest BCUT2D eigenvalue weighted by molar-refractivity contribution is -0.151. The highest BCUT2D eigenvalue weighted by Crippen LogP contribution is 2.02. The monoisotopic (exact) mass is 184 g/mol. The minimum Gasteiger partial charge on any atom is -0.443 e. The van der Waals surface area contributed by atoms with Gasteiger partial charge >= 0.3 is 5.97 Å². The quantitative estimate of drug-likeness (QED) is 0.494. The molecule has 13 heavy (non-hydrogen) atoms. The van der Waals surface area contributed by atoms with E-state index in [1.807, 2.05) is 6.92 Å². The van der Waals surface area contributed by atoms with Crippen LogP contribution in [0.1, 0.15) is 6.92 Å². The number of ether oxygens (including phenoxy) is 1. The summed E-state index contributed by atoms with van der Waals surface area (Å²) in [5.41, 5.74) is 0. The summed E-state index contributed by atoms with van der Waals surface area (Å²) >= 11 is 0. The minimum absolute atomic E-state index is 0.146. The molecule has 1 N–H and O–H groups in total. The van der Waals surface area contributed by atoms with Crippen molar-refractivity contribution in [1.29, 1.82) is 0 Å². The van der Waals surface area contributed by atoms with Crippen molar-refractivity contribution in [3.63, 3.8) is 0 Å². The Hall–Kier alpha value is -0.870. The van der Waals surface area contributed by atoms with E-state index < -0.39 is 0 Å². The molecule has 1 unspecified atom stereocenters. The number of rotatable bonds is 3. The molecule has 1 rings (SSSR count). The first kappa shape index (κ1) is 10.2. The molecule has 0 aromatic carbocycles. The highest BCUT2D eigenvalue weighted by atomic mass is 16.6. The van der Waals surface area contributed by atoms with Gasteiger partial charge in [-0.05, 0) is 6.92 Å². The first-order valence-electron chi connectivity index (χ1n) is 4.52. The number of nitrogens with zero attached hydrogens (tertiary/aromatic N) is 1. The summed E-state index contributed by atoms with van der Waals surface area (Å²) in [6.45, 7) is 8.99. The van der Waals surface area contributed by atoms with Crippen LogP contribution in [0.5, 0.6) is 0 Å². The molecule has 4 nitrogen and oxygen atoms in total. The van der Waals surface area contributed by atoms with Crippen LogP contribution in [0, 0.1) is 0 Å². The Morgan fingerprint density at radius 2 is 2.23 bits per heavy atom. The summed E-state index contributed by atoms with van der Waals surface area (Å²) in [4.78, 5) is 13.0. The van der Waals surface area contributed by atoms with Gasteiger partial charge in [0, 0.05) is 32.3 Å². The Bertz CT molecular complexity index is 188. The number of carbonyl (C=O) groups excluding carboxylic acids is 1. The van der Waals surface area contributed by atoms with Crippen molar-refractivity contribution >= 4 is 5.97 Å². The van der Waals surface area contributed by atoms with E-state index in [-0.39, 0.29) is 12.2 Å². The lowest BCUT2D eigenvalue weighted by Gasteiger charge is -2.31. The van der Waals surface area contributed by atoms with Crippen LogP contribution < -0.4 is 5.32 Å². The molecule has 0 aromatic rings. The van der Waals surface area contributed by atoms with Gasteiger partial charge in [0.05, 0.1) is 0 Å². The van der Waals surface area contributed by atoms with Gasteiger partial charge in [-0.1, -0.05) is 6.58 Å². The summed E-state index contributed by atoms with van der Waals surface area (Å²) in [5, 5.41) is 3.23. The smallest absolute Gasteiger partial charge is 0.331 e. The fourth-order valence-electron chi connectivity index (χ4n) is 1.34. The van der Waals surface area contributed by atoms with E-state index in [2.05, 4.69) is 16.8 Å². The van der Waals surface area contributed by atoms with E-state index in [9.17, 15) is 4.79 Å². The van der Waals surface area contributed by atoms with Gasteiger partial charge in [0.15, 0.2) is 6.23 Å². The van der Waals surface area contributed by atoms with Gasteiger partial charge in [-0.3, -0.25) is 4.90 Å². The Labute approximate surface area is 78.5 Å². The highest BCUT2D eigenvalue weighted by molar-refractivity contribution is 5.81. The molecule has 1 atom stereocenters. The van der Waals surface area contributed by atoms with Gasteiger partial charge in [-0.25, -0.2) is 4.79 Å². The maximum Gasteiger partial charge on any atom is 0.331 e. The SMILES string of the molecule is C=CC(=O)OC(C)N1CCNCC1. The van der Waals surface area contributed by atoms with Crippen LogP contribution in [0.25, 0.3) is 0 Å². The molecule has 1 saturated heterocycles. The van der Waals surface area contributed by atoms with E-state index in [4.69, 9.17) is 4.74 Å². The van der Waals surface area contributed by atoms with Crippen molar-refractivity contribution in [2.24, 2.45) is 0 Å². The Kier molecular flexibility index (Phi) is 3.92. The number of hydrogen-bond acceptors (Lipinski definition) is 4. The second kappa shape index (κ2) is 4.99. The summed E-state index contributed by atoms with van der Waals surface area (Å²) in [6.07, 6.45) is 1.05. The number of piperazine rings is 1. The first-order chi connectivity index (χ1) is 6.24. The number of esters is 1. The molecule has 1 heterocycles. The van der Waals surface area contributed by atoms with Crippen molar-refractivity contribution in [3.8, 4) is 0 Å². The molecule has 0 bridgehead atoms. The van der Waals surface area contributed by atoms with Gasteiger partial charge in [-0.2, -0.15) is 0 Å². The van der Waals surface area contributed by atoms with Crippen LogP contribution in [-0.4, -0.2) is 43.3 Å². The molecule has 0 aliphatic carbocycles. The zero-order chi connectivity index (χ0) is 9.68. The van der Waals surface area contributed by atoms with Gasteiger partial charge in [0.25, 0.3) is 0 Å². The average Bonchev–Trinajstić information content (AvgIpc) is 2.19. The fraction of sp³-hybridized carbons (Fsp3) is 0.667. The van der Waals surface area contributed by atoms with Crippen LogP contribution in [0.15, 0.2) is 12.7 Å². The van der Waals surface area contributed by atoms with Crippen molar-refractivity contribution in [2.45, 2.75) is 13.2 Å². The van der Waals surface area contributed by atoms with Crippen LogP contribution in [0.3, 0.4) is 0 Å². The summed E-state index contributed by atoms with van der Waals surface area (Å²) in [6, 6.07) is 0. The molecule has 0 spiro atoms. The predicted molar refractivity (Wildman–Crippen MR) is 50.2 cm³/mol. The maximum atomic E-state index is 10.9. The summed E-state index contributed by atoms with van der Waals surface area (Å²) < 4.78 is 5.08. The second-order valence-corrected chi connectivity index (χ2v) is 3.03. The molecule has 0 radical (unpaired) electrons. The molecule has 1 aliphatic heterocycles. The van der Waals surface area contributed by atoms with Crippen LogP contribution in [-0.2, 0) is 9.53 Å². The number of carbonyl (C=O) groups is 1. The third kappa shape index (κ3) is 3.16. The van der Waals surface area contributed by atoms with Crippen LogP contribution in [0.2, 0.25) is 0 Å². The number of hydrogen-bond donors (Lipinski definition) is 1.